The predicted octanol–water partition coefficient (Wildman–Crippen LogP) is 5.64. The number of hydrogen-bond donors (Lipinski definition) is 1. The van der Waals surface area contributed by atoms with Gasteiger partial charge < -0.3 is 15.0 Å². The summed E-state index contributed by atoms with van der Waals surface area (Å²) in [4.78, 5) is 2.23. The SMILES string of the molecule is CCN(C(=S)Nc1ccc(C(C)(C)C)cc1)C(C)Cc1ccc(OC)cc1. The minimum Gasteiger partial charge on any atom is -0.497 e. The van der Waals surface area contributed by atoms with Gasteiger partial charge in [-0.3, -0.25) is 0 Å². The molecular formula is C23H32N2OS. The lowest BCUT2D eigenvalue weighted by molar-refractivity contribution is 0.347. The maximum Gasteiger partial charge on any atom is 0.173 e. The van der Waals surface area contributed by atoms with Crippen LogP contribution in [0.15, 0.2) is 48.5 Å². The van der Waals surface area contributed by atoms with Gasteiger partial charge in [0, 0.05) is 18.3 Å². The summed E-state index contributed by atoms with van der Waals surface area (Å²) in [7, 11) is 1.69. The van der Waals surface area contributed by atoms with Crippen LogP contribution < -0.4 is 10.1 Å². The summed E-state index contributed by atoms with van der Waals surface area (Å²) in [5, 5.41) is 4.16. The van der Waals surface area contributed by atoms with E-state index in [2.05, 4.69) is 81.2 Å². The van der Waals surface area contributed by atoms with E-state index in [0.717, 1.165) is 29.5 Å². The second-order valence-electron chi connectivity index (χ2n) is 7.94. The first kappa shape index (κ1) is 21.2. The van der Waals surface area contributed by atoms with Crippen LogP contribution in [0.5, 0.6) is 5.75 Å². The van der Waals surface area contributed by atoms with Crippen LogP contribution in [-0.4, -0.2) is 29.7 Å². The van der Waals surface area contributed by atoms with Gasteiger partial charge >= 0.3 is 0 Å². The fourth-order valence-corrected chi connectivity index (χ4v) is 3.54. The Balaban J connectivity index is 2.01. The van der Waals surface area contributed by atoms with E-state index in [9.17, 15) is 0 Å². The number of nitrogens with one attached hydrogen (secondary N) is 1. The molecule has 0 saturated heterocycles. The van der Waals surface area contributed by atoms with E-state index in [-0.39, 0.29) is 5.41 Å². The third-order valence-corrected chi connectivity index (χ3v) is 5.16. The van der Waals surface area contributed by atoms with Gasteiger partial charge in [-0.2, -0.15) is 0 Å². The Hall–Kier alpha value is -2.07. The number of thiocarbonyl (C=S) groups is 1. The zero-order valence-corrected chi connectivity index (χ0v) is 18.2. The normalized spacial score (nSPS) is 12.4. The van der Waals surface area contributed by atoms with Crippen molar-refractivity contribution in [3.63, 3.8) is 0 Å². The highest BCUT2D eigenvalue weighted by Crippen LogP contribution is 2.24. The number of nitrogens with zero attached hydrogens (tertiary/aromatic N) is 1. The lowest BCUT2D eigenvalue weighted by Crippen LogP contribution is -2.42. The number of rotatable bonds is 6. The summed E-state index contributed by atoms with van der Waals surface area (Å²) < 4.78 is 5.24. The van der Waals surface area contributed by atoms with E-state index in [1.54, 1.807) is 7.11 Å². The number of benzene rings is 2. The summed E-state index contributed by atoms with van der Waals surface area (Å²) >= 11 is 5.69. The molecule has 0 radical (unpaired) electrons. The molecule has 3 nitrogen and oxygen atoms in total. The second kappa shape index (κ2) is 9.23. The fourth-order valence-electron chi connectivity index (χ4n) is 3.12. The molecule has 2 rings (SSSR count). The van der Waals surface area contributed by atoms with Gasteiger partial charge in [-0.05, 0) is 73.3 Å². The average Bonchev–Trinajstić information content (AvgIpc) is 2.62. The molecule has 0 heterocycles. The Labute approximate surface area is 169 Å². The Morgan fingerprint density at radius 2 is 1.67 bits per heavy atom. The van der Waals surface area contributed by atoms with Crippen molar-refractivity contribution in [1.29, 1.82) is 0 Å². The maximum absolute atomic E-state index is 5.69. The molecule has 0 aliphatic carbocycles. The summed E-state index contributed by atoms with van der Waals surface area (Å²) in [5.74, 6) is 0.884. The Kier molecular flexibility index (Phi) is 7.25. The third-order valence-electron chi connectivity index (χ3n) is 4.83. The van der Waals surface area contributed by atoms with Gasteiger partial charge in [0.1, 0.15) is 5.75 Å². The Bertz CT molecular complexity index is 732. The maximum atomic E-state index is 5.69. The van der Waals surface area contributed by atoms with Crippen molar-refractivity contribution in [1.82, 2.24) is 4.90 Å². The predicted molar refractivity (Wildman–Crippen MR) is 120 cm³/mol. The Morgan fingerprint density at radius 3 is 2.15 bits per heavy atom. The van der Waals surface area contributed by atoms with Gasteiger partial charge in [-0.1, -0.05) is 45.0 Å². The molecule has 1 unspecified atom stereocenters. The first-order valence-electron chi connectivity index (χ1n) is 9.55. The standard InChI is InChI=1S/C23H32N2OS/c1-7-25(17(2)16-18-8-14-21(26-6)15-9-18)22(27)24-20-12-10-19(11-13-20)23(3,4)5/h8-15,17H,7,16H2,1-6H3,(H,24,27). The first-order valence-corrected chi connectivity index (χ1v) is 9.96. The molecule has 0 bridgehead atoms. The second-order valence-corrected chi connectivity index (χ2v) is 8.33. The van der Waals surface area contributed by atoms with Crippen LogP contribution in [0.3, 0.4) is 0 Å². The summed E-state index contributed by atoms with van der Waals surface area (Å²) in [6.07, 6.45) is 0.933. The molecule has 0 fully saturated rings. The topological polar surface area (TPSA) is 24.5 Å². The number of hydrogen-bond acceptors (Lipinski definition) is 2. The lowest BCUT2D eigenvalue weighted by Gasteiger charge is -2.31. The van der Waals surface area contributed by atoms with Crippen LogP contribution in [0, 0.1) is 0 Å². The molecule has 0 aliphatic heterocycles. The molecule has 0 aromatic heterocycles. The molecule has 1 N–H and O–H groups in total. The molecule has 146 valence electrons. The van der Waals surface area contributed by atoms with Crippen LogP contribution in [-0.2, 0) is 11.8 Å². The van der Waals surface area contributed by atoms with Crippen molar-refractivity contribution in [2.24, 2.45) is 0 Å². The number of likely N-dealkylation sites (N-methyl/N-ethyl adjacent to an activating group) is 1. The van der Waals surface area contributed by atoms with Gasteiger partial charge in [-0.15, -0.1) is 0 Å². The van der Waals surface area contributed by atoms with Gasteiger partial charge in [0.05, 0.1) is 7.11 Å². The molecule has 2 aromatic rings. The quantitative estimate of drug-likeness (QED) is 0.651. The highest BCUT2D eigenvalue weighted by molar-refractivity contribution is 7.80. The highest BCUT2D eigenvalue weighted by Gasteiger charge is 2.17. The van der Waals surface area contributed by atoms with Gasteiger partial charge in [0.15, 0.2) is 5.11 Å². The lowest BCUT2D eigenvalue weighted by atomic mass is 9.87. The first-order chi connectivity index (χ1) is 12.7. The monoisotopic (exact) mass is 384 g/mol. The van der Waals surface area contributed by atoms with E-state index in [0.29, 0.717) is 6.04 Å². The van der Waals surface area contributed by atoms with Crippen LogP contribution in [0.4, 0.5) is 5.69 Å². The minimum atomic E-state index is 0.154. The summed E-state index contributed by atoms with van der Waals surface area (Å²) in [6.45, 7) is 11.9. The van der Waals surface area contributed by atoms with Crippen molar-refractivity contribution in [2.75, 3.05) is 19.0 Å². The number of anilines is 1. The van der Waals surface area contributed by atoms with Gasteiger partial charge in [0.2, 0.25) is 0 Å². The largest absolute Gasteiger partial charge is 0.497 e. The van der Waals surface area contributed by atoms with Crippen molar-refractivity contribution < 1.29 is 4.74 Å². The zero-order valence-electron chi connectivity index (χ0n) is 17.4. The molecule has 27 heavy (non-hydrogen) atoms. The summed E-state index contributed by atoms with van der Waals surface area (Å²) in [6, 6.07) is 17.1. The van der Waals surface area contributed by atoms with E-state index < -0.39 is 0 Å². The molecule has 0 spiro atoms. The van der Waals surface area contributed by atoms with Gasteiger partial charge in [0.25, 0.3) is 0 Å². The number of methoxy groups -OCH3 is 1. The van der Waals surface area contributed by atoms with E-state index in [1.165, 1.54) is 11.1 Å². The van der Waals surface area contributed by atoms with Gasteiger partial charge in [-0.25, -0.2) is 0 Å². The van der Waals surface area contributed by atoms with Crippen molar-refractivity contribution in [3.8, 4) is 5.75 Å². The average molecular weight is 385 g/mol. The molecule has 0 amide bonds. The molecule has 2 aromatic carbocycles. The van der Waals surface area contributed by atoms with E-state index in [1.807, 2.05) is 12.1 Å². The molecule has 1 atom stereocenters. The van der Waals surface area contributed by atoms with Crippen LogP contribution >= 0.6 is 12.2 Å². The van der Waals surface area contributed by atoms with Crippen LogP contribution in [0.2, 0.25) is 0 Å². The molecular weight excluding hydrogens is 352 g/mol. The van der Waals surface area contributed by atoms with Crippen LogP contribution in [0.1, 0.15) is 45.7 Å². The Morgan fingerprint density at radius 1 is 1.07 bits per heavy atom. The smallest absolute Gasteiger partial charge is 0.173 e. The molecule has 0 aliphatic rings. The van der Waals surface area contributed by atoms with Crippen LogP contribution in [0.25, 0.3) is 0 Å². The third kappa shape index (κ3) is 5.96. The van der Waals surface area contributed by atoms with E-state index in [4.69, 9.17) is 17.0 Å². The fraction of sp³-hybridized carbons (Fsp3) is 0.435. The molecule has 0 saturated carbocycles. The highest BCUT2D eigenvalue weighted by atomic mass is 32.1. The van der Waals surface area contributed by atoms with Crippen molar-refractivity contribution in [3.05, 3.63) is 59.7 Å². The zero-order chi connectivity index (χ0) is 20.0. The van der Waals surface area contributed by atoms with Crippen molar-refractivity contribution in [2.45, 2.75) is 52.5 Å². The summed E-state index contributed by atoms with van der Waals surface area (Å²) in [5.41, 5.74) is 3.78. The van der Waals surface area contributed by atoms with E-state index >= 15 is 0 Å². The minimum absolute atomic E-state index is 0.154. The molecule has 4 heteroatoms. The van der Waals surface area contributed by atoms with Crippen molar-refractivity contribution >= 4 is 23.0 Å². The number of ether oxygens (including phenoxy) is 1.